The van der Waals surface area contributed by atoms with Gasteiger partial charge in [-0.3, -0.25) is 4.68 Å². The molecule has 0 aromatic carbocycles. The van der Waals surface area contributed by atoms with E-state index >= 15 is 0 Å². The monoisotopic (exact) mass is 149 g/mol. The summed E-state index contributed by atoms with van der Waals surface area (Å²) in [5.41, 5.74) is 1.15. The third-order valence-corrected chi connectivity index (χ3v) is 1.54. The van der Waals surface area contributed by atoms with E-state index in [4.69, 9.17) is 5.26 Å². The van der Waals surface area contributed by atoms with E-state index in [1.165, 1.54) is 0 Å². The van der Waals surface area contributed by atoms with Crippen molar-refractivity contribution in [3.63, 3.8) is 0 Å². The Bertz CT molecular complexity index is 257. The summed E-state index contributed by atoms with van der Waals surface area (Å²) in [5, 5.41) is 12.4. The van der Waals surface area contributed by atoms with Gasteiger partial charge in [0.2, 0.25) is 0 Å². The summed E-state index contributed by atoms with van der Waals surface area (Å²) in [6.45, 7) is 2.94. The van der Waals surface area contributed by atoms with E-state index in [9.17, 15) is 0 Å². The van der Waals surface area contributed by atoms with Crippen LogP contribution in [0, 0.1) is 11.3 Å². The predicted octanol–water partition coefficient (Wildman–Crippen LogP) is 1.36. The smallest absolute Gasteiger partial charge is 0.0625 e. The molecular weight excluding hydrogens is 138 g/mol. The van der Waals surface area contributed by atoms with Crippen LogP contribution in [0.5, 0.6) is 0 Å². The van der Waals surface area contributed by atoms with Crippen molar-refractivity contribution < 1.29 is 0 Å². The van der Waals surface area contributed by atoms with Gasteiger partial charge in [-0.05, 0) is 18.9 Å². The van der Waals surface area contributed by atoms with Gasteiger partial charge in [-0.2, -0.15) is 10.4 Å². The Morgan fingerprint density at radius 2 is 2.55 bits per heavy atom. The highest BCUT2D eigenvalue weighted by Gasteiger charge is 1.95. The van der Waals surface area contributed by atoms with Crippen molar-refractivity contribution in [2.75, 3.05) is 0 Å². The van der Waals surface area contributed by atoms with E-state index in [0.29, 0.717) is 6.42 Å². The van der Waals surface area contributed by atoms with Crippen molar-refractivity contribution in [1.29, 1.82) is 5.26 Å². The second kappa shape index (κ2) is 3.77. The molecule has 1 heterocycles. The van der Waals surface area contributed by atoms with Crippen LogP contribution in [-0.2, 0) is 13.0 Å². The lowest BCUT2D eigenvalue weighted by molar-refractivity contribution is 0.659. The molecule has 0 spiro atoms. The van der Waals surface area contributed by atoms with Crippen LogP contribution in [-0.4, -0.2) is 9.78 Å². The summed E-state index contributed by atoms with van der Waals surface area (Å²) in [6.07, 6.45) is 5.20. The van der Waals surface area contributed by atoms with E-state index < -0.39 is 0 Å². The second-order valence-electron chi connectivity index (χ2n) is 2.36. The van der Waals surface area contributed by atoms with Gasteiger partial charge in [0.15, 0.2) is 0 Å². The van der Waals surface area contributed by atoms with Crippen molar-refractivity contribution >= 4 is 0 Å². The van der Waals surface area contributed by atoms with Gasteiger partial charge >= 0.3 is 0 Å². The molecule has 11 heavy (non-hydrogen) atoms. The Labute approximate surface area is 66.3 Å². The average molecular weight is 149 g/mol. The van der Waals surface area contributed by atoms with Crippen LogP contribution in [0.1, 0.15) is 18.9 Å². The van der Waals surface area contributed by atoms with Gasteiger partial charge in [0.1, 0.15) is 0 Å². The number of rotatable bonds is 3. The highest BCUT2D eigenvalue weighted by molar-refractivity contribution is 5.05. The molecule has 0 unspecified atom stereocenters. The van der Waals surface area contributed by atoms with E-state index in [1.54, 1.807) is 0 Å². The molecule has 1 aromatic heterocycles. The van der Waals surface area contributed by atoms with Crippen LogP contribution in [0.2, 0.25) is 0 Å². The van der Waals surface area contributed by atoms with Crippen molar-refractivity contribution in [3.05, 3.63) is 18.0 Å². The summed E-state index contributed by atoms with van der Waals surface area (Å²) < 4.78 is 1.87. The van der Waals surface area contributed by atoms with Crippen LogP contribution < -0.4 is 0 Å². The molecule has 0 aliphatic rings. The Morgan fingerprint density at radius 3 is 3.09 bits per heavy atom. The molecule has 0 atom stereocenters. The van der Waals surface area contributed by atoms with Gasteiger partial charge in [0.05, 0.1) is 12.3 Å². The van der Waals surface area contributed by atoms with E-state index in [1.807, 2.05) is 24.0 Å². The highest BCUT2D eigenvalue weighted by atomic mass is 15.3. The average Bonchev–Trinajstić information content (AvgIpc) is 2.48. The quantitative estimate of drug-likeness (QED) is 0.651. The molecule has 3 heteroatoms. The molecule has 0 fully saturated rings. The normalized spacial score (nSPS) is 9.45. The summed E-state index contributed by atoms with van der Waals surface area (Å²) in [6, 6.07) is 2.11. The maximum atomic E-state index is 8.31. The third-order valence-electron chi connectivity index (χ3n) is 1.54. The van der Waals surface area contributed by atoms with Gasteiger partial charge in [0.25, 0.3) is 0 Å². The van der Waals surface area contributed by atoms with E-state index in [2.05, 4.69) is 11.2 Å². The Balaban J connectivity index is 2.53. The first-order chi connectivity index (χ1) is 5.36. The highest BCUT2D eigenvalue weighted by Crippen LogP contribution is 2.00. The first kappa shape index (κ1) is 7.80. The van der Waals surface area contributed by atoms with Crippen molar-refractivity contribution in [1.82, 2.24) is 9.78 Å². The minimum Gasteiger partial charge on any atom is -0.273 e. The fourth-order valence-electron chi connectivity index (χ4n) is 0.909. The Kier molecular flexibility index (Phi) is 2.67. The molecule has 0 saturated carbocycles. The fraction of sp³-hybridized carbons (Fsp3) is 0.500. The predicted molar refractivity (Wildman–Crippen MR) is 41.8 cm³/mol. The standard InChI is InChI=1S/C8H11N3/c1-2-11-7-8(6-10-11)4-3-5-9/h6-7H,2-4H2,1H3. The topological polar surface area (TPSA) is 41.6 Å². The maximum absolute atomic E-state index is 8.31. The molecule has 1 rings (SSSR count). The fourth-order valence-corrected chi connectivity index (χ4v) is 0.909. The largest absolute Gasteiger partial charge is 0.273 e. The van der Waals surface area contributed by atoms with Crippen LogP contribution in [0.15, 0.2) is 12.4 Å². The lowest BCUT2D eigenvalue weighted by Crippen LogP contribution is -1.92. The molecule has 3 nitrogen and oxygen atoms in total. The summed E-state index contributed by atoms with van der Waals surface area (Å²) in [4.78, 5) is 0. The van der Waals surface area contributed by atoms with Gasteiger partial charge in [-0.25, -0.2) is 0 Å². The zero-order chi connectivity index (χ0) is 8.10. The number of hydrogen-bond acceptors (Lipinski definition) is 2. The molecule has 0 amide bonds. The molecule has 0 N–H and O–H groups in total. The van der Waals surface area contributed by atoms with Crippen LogP contribution in [0.3, 0.4) is 0 Å². The summed E-state index contributed by atoms with van der Waals surface area (Å²) >= 11 is 0. The van der Waals surface area contributed by atoms with Crippen molar-refractivity contribution in [2.45, 2.75) is 26.3 Å². The second-order valence-corrected chi connectivity index (χ2v) is 2.36. The number of nitriles is 1. The minimum atomic E-state index is 0.579. The van der Waals surface area contributed by atoms with Gasteiger partial charge in [0, 0.05) is 19.2 Å². The van der Waals surface area contributed by atoms with E-state index in [0.717, 1.165) is 18.5 Å². The number of nitrogens with zero attached hydrogens (tertiary/aromatic N) is 3. The van der Waals surface area contributed by atoms with Crippen molar-refractivity contribution in [2.24, 2.45) is 0 Å². The van der Waals surface area contributed by atoms with Gasteiger partial charge < -0.3 is 0 Å². The summed E-state index contributed by atoms with van der Waals surface area (Å²) in [7, 11) is 0. The summed E-state index contributed by atoms with van der Waals surface area (Å²) in [5.74, 6) is 0. The maximum Gasteiger partial charge on any atom is 0.0625 e. The minimum absolute atomic E-state index is 0.579. The van der Waals surface area contributed by atoms with Crippen LogP contribution in [0.4, 0.5) is 0 Å². The lowest BCUT2D eigenvalue weighted by atomic mass is 10.2. The number of hydrogen-bond donors (Lipinski definition) is 0. The lowest BCUT2D eigenvalue weighted by Gasteiger charge is -1.90. The number of aryl methyl sites for hydroxylation is 2. The zero-order valence-electron chi connectivity index (χ0n) is 6.62. The molecule has 0 bridgehead atoms. The molecule has 1 aromatic rings. The molecule has 0 radical (unpaired) electrons. The molecule has 0 saturated heterocycles. The van der Waals surface area contributed by atoms with Crippen LogP contribution >= 0.6 is 0 Å². The Morgan fingerprint density at radius 1 is 1.73 bits per heavy atom. The third kappa shape index (κ3) is 2.08. The Hall–Kier alpha value is -1.30. The van der Waals surface area contributed by atoms with Gasteiger partial charge in [-0.1, -0.05) is 0 Å². The van der Waals surface area contributed by atoms with E-state index in [-0.39, 0.29) is 0 Å². The molecule has 0 aliphatic heterocycles. The van der Waals surface area contributed by atoms with Crippen molar-refractivity contribution in [3.8, 4) is 6.07 Å². The molecular formula is C8H11N3. The molecule has 58 valence electrons. The first-order valence-corrected chi connectivity index (χ1v) is 3.75. The first-order valence-electron chi connectivity index (χ1n) is 3.75. The SMILES string of the molecule is CCn1cc(CCC#N)cn1. The molecule has 0 aliphatic carbocycles. The van der Waals surface area contributed by atoms with Gasteiger partial charge in [-0.15, -0.1) is 0 Å². The van der Waals surface area contributed by atoms with Crippen LogP contribution in [0.25, 0.3) is 0 Å². The number of aromatic nitrogens is 2. The zero-order valence-corrected chi connectivity index (χ0v) is 6.62.